The Morgan fingerprint density at radius 1 is 1.40 bits per heavy atom. The largest absolute Gasteiger partial charge is 0.382 e. The molecular formula is C13H25N5O2. The summed E-state index contributed by atoms with van der Waals surface area (Å²) in [5.41, 5.74) is 5.95. The Hall–Kier alpha value is -1.18. The third-order valence-corrected chi connectivity index (χ3v) is 3.76. The molecule has 7 heteroatoms. The van der Waals surface area contributed by atoms with E-state index in [1.807, 2.05) is 0 Å². The zero-order chi connectivity index (χ0) is 14.4. The molecule has 1 aromatic heterocycles. The van der Waals surface area contributed by atoms with Crippen LogP contribution in [0.15, 0.2) is 0 Å². The fraction of sp³-hybridized carbons (Fsp3) is 0.846. The van der Waals surface area contributed by atoms with Crippen LogP contribution in [-0.2, 0) is 16.1 Å². The van der Waals surface area contributed by atoms with Crippen LogP contribution in [0.3, 0.4) is 0 Å². The molecule has 1 aromatic rings. The summed E-state index contributed by atoms with van der Waals surface area (Å²) >= 11 is 0. The molecule has 0 amide bonds. The summed E-state index contributed by atoms with van der Waals surface area (Å²) in [6, 6.07) is 0.272. The molecule has 0 saturated carbocycles. The number of hydrogen-bond acceptors (Lipinski definition) is 6. The van der Waals surface area contributed by atoms with Crippen LogP contribution in [0.2, 0.25) is 0 Å². The number of hydrogen-bond donors (Lipinski definition) is 2. The van der Waals surface area contributed by atoms with Gasteiger partial charge in [-0.1, -0.05) is 0 Å². The molecule has 1 saturated heterocycles. The standard InChI is InChI=1S/C13H25N5O2/c1-10(14)11-3-5-18(6-4-11)13-15-12(16-17-13)9-20-8-7-19-2/h10-11H,3-9,14H2,1-2H3,(H,15,16,17). The monoisotopic (exact) mass is 283 g/mol. The van der Waals surface area contributed by atoms with Crippen molar-refractivity contribution < 1.29 is 9.47 Å². The number of nitrogens with one attached hydrogen (secondary N) is 1. The second-order valence-corrected chi connectivity index (χ2v) is 5.31. The number of aromatic nitrogens is 3. The number of anilines is 1. The number of aromatic amines is 1. The van der Waals surface area contributed by atoms with E-state index in [1.165, 1.54) is 0 Å². The van der Waals surface area contributed by atoms with Crippen LogP contribution < -0.4 is 10.6 Å². The fourth-order valence-electron chi connectivity index (χ4n) is 2.43. The van der Waals surface area contributed by atoms with Crippen molar-refractivity contribution in [1.82, 2.24) is 15.2 Å². The highest BCUT2D eigenvalue weighted by Crippen LogP contribution is 2.22. The molecule has 0 radical (unpaired) electrons. The average Bonchev–Trinajstić information content (AvgIpc) is 2.92. The molecule has 7 nitrogen and oxygen atoms in total. The predicted molar refractivity (Wildman–Crippen MR) is 76.5 cm³/mol. The maximum atomic E-state index is 5.95. The van der Waals surface area contributed by atoms with Crippen molar-refractivity contribution in [3.05, 3.63) is 5.82 Å². The second-order valence-electron chi connectivity index (χ2n) is 5.31. The average molecular weight is 283 g/mol. The van der Waals surface area contributed by atoms with Crippen molar-refractivity contribution in [3.8, 4) is 0 Å². The van der Waals surface area contributed by atoms with Crippen molar-refractivity contribution in [3.63, 3.8) is 0 Å². The summed E-state index contributed by atoms with van der Waals surface area (Å²) in [6.07, 6.45) is 2.21. The zero-order valence-corrected chi connectivity index (χ0v) is 12.3. The van der Waals surface area contributed by atoms with Gasteiger partial charge in [-0.05, 0) is 25.7 Å². The lowest BCUT2D eigenvalue weighted by atomic mass is 9.91. The minimum absolute atomic E-state index is 0.272. The van der Waals surface area contributed by atoms with Gasteiger partial charge in [-0.2, -0.15) is 4.98 Å². The second kappa shape index (κ2) is 7.56. The van der Waals surface area contributed by atoms with E-state index in [0.29, 0.717) is 25.7 Å². The fourth-order valence-corrected chi connectivity index (χ4v) is 2.43. The van der Waals surface area contributed by atoms with Crippen LogP contribution in [-0.4, -0.2) is 54.6 Å². The molecule has 0 bridgehead atoms. The van der Waals surface area contributed by atoms with Crippen molar-refractivity contribution in [2.75, 3.05) is 38.3 Å². The van der Waals surface area contributed by atoms with Gasteiger partial charge < -0.3 is 20.1 Å². The summed E-state index contributed by atoms with van der Waals surface area (Å²) in [5, 5.41) is 7.18. The van der Waals surface area contributed by atoms with Gasteiger partial charge in [-0.25, -0.2) is 0 Å². The van der Waals surface area contributed by atoms with Crippen molar-refractivity contribution in [2.45, 2.75) is 32.4 Å². The Labute approximate surface area is 119 Å². The van der Waals surface area contributed by atoms with Crippen LogP contribution in [0, 0.1) is 5.92 Å². The Balaban J connectivity index is 1.78. The van der Waals surface area contributed by atoms with E-state index in [-0.39, 0.29) is 6.04 Å². The molecule has 2 rings (SSSR count). The summed E-state index contributed by atoms with van der Waals surface area (Å²) in [4.78, 5) is 6.67. The summed E-state index contributed by atoms with van der Waals surface area (Å²) in [5.74, 6) is 2.13. The SMILES string of the molecule is COCCOCc1nc(N2CCC(C(C)N)CC2)n[nH]1. The van der Waals surface area contributed by atoms with E-state index >= 15 is 0 Å². The number of H-pyrrole nitrogens is 1. The molecule has 1 aliphatic heterocycles. The first-order valence-electron chi connectivity index (χ1n) is 7.19. The lowest BCUT2D eigenvalue weighted by Crippen LogP contribution is -2.40. The zero-order valence-electron chi connectivity index (χ0n) is 12.3. The normalized spacial score (nSPS) is 18.4. The van der Waals surface area contributed by atoms with Gasteiger partial charge in [0.2, 0.25) is 5.95 Å². The van der Waals surface area contributed by atoms with Gasteiger partial charge in [0, 0.05) is 26.2 Å². The van der Waals surface area contributed by atoms with E-state index in [9.17, 15) is 0 Å². The van der Waals surface area contributed by atoms with Crippen molar-refractivity contribution in [1.29, 1.82) is 0 Å². The molecule has 3 N–H and O–H groups in total. The van der Waals surface area contributed by atoms with Crippen molar-refractivity contribution in [2.24, 2.45) is 11.7 Å². The Morgan fingerprint density at radius 2 is 2.15 bits per heavy atom. The first kappa shape index (κ1) is 15.2. The molecule has 1 fully saturated rings. The van der Waals surface area contributed by atoms with Crippen LogP contribution in [0.4, 0.5) is 5.95 Å². The minimum Gasteiger partial charge on any atom is -0.382 e. The number of nitrogens with zero attached hydrogens (tertiary/aromatic N) is 3. The van der Waals surface area contributed by atoms with E-state index in [2.05, 4.69) is 27.0 Å². The number of piperidine rings is 1. The third kappa shape index (κ3) is 4.16. The topological polar surface area (TPSA) is 89.3 Å². The number of methoxy groups -OCH3 is 1. The van der Waals surface area contributed by atoms with E-state index in [0.717, 1.165) is 37.7 Å². The van der Waals surface area contributed by atoms with Gasteiger partial charge in [-0.3, -0.25) is 5.10 Å². The molecule has 1 atom stereocenters. The lowest BCUT2D eigenvalue weighted by Gasteiger charge is -2.32. The maximum absolute atomic E-state index is 5.95. The van der Waals surface area contributed by atoms with Gasteiger partial charge in [0.25, 0.3) is 0 Å². The minimum atomic E-state index is 0.272. The van der Waals surface area contributed by atoms with E-state index in [4.69, 9.17) is 15.2 Å². The first-order chi connectivity index (χ1) is 9.70. The summed E-state index contributed by atoms with van der Waals surface area (Å²) in [6.45, 7) is 5.61. The highest BCUT2D eigenvalue weighted by Gasteiger charge is 2.23. The van der Waals surface area contributed by atoms with Gasteiger partial charge >= 0.3 is 0 Å². The van der Waals surface area contributed by atoms with Gasteiger partial charge in [0.05, 0.1) is 13.2 Å². The smallest absolute Gasteiger partial charge is 0.244 e. The number of ether oxygens (including phenoxy) is 2. The number of rotatable bonds is 7. The predicted octanol–water partition coefficient (Wildman–Crippen LogP) is 0.531. The molecule has 2 heterocycles. The summed E-state index contributed by atoms with van der Waals surface area (Å²) < 4.78 is 10.3. The Kier molecular flexibility index (Phi) is 5.75. The van der Waals surface area contributed by atoms with Crippen LogP contribution in [0.5, 0.6) is 0 Å². The summed E-state index contributed by atoms with van der Waals surface area (Å²) in [7, 11) is 1.65. The Bertz CT molecular complexity index is 388. The molecule has 114 valence electrons. The van der Waals surface area contributed by atoms with Crippen LogP contribution in [0.1, 0.15) is 25.6 Å². The van der Waals surface area contributed by atoms with E-state index < -0.39 is 0 Å². The molecule has 0 spiro atoms. The van der Waals surface area contributed by atoms with E-state index in [1.54, 1.807) is 7.11 Å². The molecular weight excluding hydrogens is 258 g/mol. The van der Waals surface area contributed by atoms with Crippen molar-refractivity contribution >= 4 is 5.95 Å². The molecule has 0 aromatic carbocycles. The quantitative estimate of drug-likeness (QED) is 0.710. The maximum Gasteiger partial charge on any atom is 0.244 e. The first-order valence-corrected chi connectivity index (χ1v) is 7.19. The van der Waals surface area contributed by atoms with Gasteiger partial charge in [0.1, 0.15) is 6.61 Å². The van der Waals surface area contributed by atoms with Crippen LogP contribution in [0.25, 0.3) is 0 Å². The molecule has 1 aliphatic rings. The molecule has 0 aliphatic carbocycles. The van der Waals surface area contributed by atoms with Gasteiger partial charge in [0.15, 0.2) is 5.82 Å². The highest BCUT2D eigenvalue weighted by atomic mass is 16.5. The van der Waals surface area contributed by atoms with Gasteiger partial charge in [-0.15, -0.1) is 5.10 Å². The lowest BCUT2D eigenvalue weighted by molar-refractivity contribution is 0.0587. The number of nitrogens with two attached hydrogens (primary N) is 1. The molecule has 1 unspecified atom stereocenters. The third-order valence-electron chi connectivity index (χ3n) is 3.76. The van der Waals surface area contributed by atoms with Crippen LogP contribution >= 0.6 is 0 Å². The highest BCUT2D eigenvalue weighted by molar-refractivity contribution is 5.29. The molecule has 20 heavy (non-hydrogen) atoms. The Morgan fingerprint density at radius 3 is 2.80 bits per heavy atom.